The number of aromatic nitrogens is 1. The Labute approximate surface area is 206 Å². The van der Waals surface area contributed by atoms with Gasteiger partial charge in [0.1, 0.15) is 6.61 Å². The summed E-state index contributed by atoms with van der Waals surface area (Å²) in [5.74, 6) is 1.69. The minimum absolute atomic E-state index is 0. The maximum absolute atomic E-state index is 14.4. The predicted molar refractivity (Wildman–Crippen MR) is 133 cm³/mol. The Hall–Kier alpha value is -2.14. The summed E-state index contributed by atoms with van der Waals surface area (Å²) in [6.45, 7) is 3.94. The maximum Gasteiger partial charge on any atom is 0.218 e. The van der Waals surface area contributed by atoms with Gasteiger partial charge in [0, 0.05) is 32.5 Å². The van der Waals surface area contributed by atoms with Crippen LogP contribution in [0.5, 0.6) is 11.6 Å². The zero-order valence-corrected chi connectivity index (χ0v) is 21.1. The summed E-state index contributed by atoms with van der Waals surface area (Å²) in [7, 11) is 3.32. The molecule has 1 saturated carbocycles. The van der Waals surface area contributed by atoms with Gasteiger partial charge >= 0.3 is 0 Å². The number of hydrogen-bond donors (Lipinski definition) is 2. The number of guanidine groups is 1. The minimum Gasteiger partial charge on any atom is -0.490 e. The molecule has 3 rings (SSSR count). The van der Waals surface area contributed by atoms with Crippen LogP contribution >= 0.6 is 24.0 Å². The Morgan fingerprint density at radius 1 is 1.25 bits per heavy atom. The molecule has 2 N–H and O–H groups in total. The number of methoxy groups -OCH3 is 1. The molecule has 32 heavy (non-hydrogen) atoms. The standard InChI is InChI=1S/C23H31FN4O3.HI/c1-16(18-8-9-21(20(24)13-18)31-15-17-6-7-17)28-23(25-2)27-14-19-5-4-10-26-22(19)30-12-11-29-3;/h4-5,8-10,13,16-17H,6-7,11-12,14-15H2,1-3H3,(H2,25,27,28);1H. The Bertz CT molecular complexity index is 880. The van der Waals surface area contributed by atoms with Crippen LogP contribution in [0.25, 0.3) is 0 Å². The molecule has 0 bridgehead atoms. The molecule has 0 saturated heterocycles. The Morgan fingerprint density at radius 2 is 2.06 bits per heavy atom. The van der Waals surface area contributed by atoms with Crippen LogP contribution in [-0.2, 0) is 11.3 Å². The fourth-order valence-corrected chi connectivity index (χ4v) is 2.97. The van der Waals surface area contributed by atoms with Crippen molar-refractivity contribution in [3.8, 4) is 11.6 Å². The van der Waals surface area contributed by atoms with E-state index in [1.165, 1.54) is 18.9 Å². The van der Waals surface area contributed by atoms with Crippen molar-refractivity contribution in [3.63, 3.8) is 0 Å². The number of nitrogens with zero attached hydrogens (tertiary/aromatic N) is 2. The van der Waals surface area contributed by atoms with Crippen molar-refractivity contribution in [2.45, 2.75) is 32.4 Å². The van der Waals surface area contributed by atoms with E-state index in [1.54, 1.807) is 26.4 Å². The van der Waals surface area contributed by atoms with E-state index in [1.807, 2.05) is 25.1 Å². The van der Waals surface area contributed by atoms with Crippen LogP contribution in [0.1, 0.15) is 36.9 Å². The second kappa shape index (κ2) is 13.4. The normalized spacial score (nSPS) is 14.3. The Morgan fingerprint density at radius 3 is 2.75 bits per heavy atom. The summed E-state index contributed by atoms with van der Waals surface area (Å²) >= 11 is 0. The van der Waals surface area contributed by atoms with Crippen LogP contribution in [0.2, 0.25) is 0 Å². The van der Waals surface area contributed by atoms with Crippen molar-refractivity contribution in [1.29, 1.82) is 0 Å². The van der Waals surface area contributed by atoms with Crippen molar-refractivity contribution in [1.82, 2.24) is 15.6 Å². The lowest BCUT2D eigenvalue weighted by Crippen LogP contribution is -2.38. The van der Waals surface area contributed by atoms with Crippen LogP contribution in [0, 0.1) is 11.7 Å². The van der Waals surface area contributed by atoms with Crippen molar-refractivity contribution in [2.24, 2.45) is 10.9 Å². The average molecular weight is 558 g/mol. The summed E-state index contributed by atoms with van der Waals surface area (Å²) in [6.07, 6.45) is 4.03. The number of halogens is 2. The number of hydrogen-bond acceptors (Lipinski definition) is 5. The van der Waals surface area contributed by atoms with E-state index in [-0.39, 0.29) is 35.8 Å². The van der Waals surface area contributed by atoms with E-state index in [9.17, 15) is 4.39 Å². The molecule has 0 aliphatic heterocycles. The largest absolute Gasteiger partial charge is 0.490 e. The smallest absolute Gasteiger partial charge is 0.218 e. The molecule has 0 radical (unpaired) electrons. The third kappa shape index (κ3) is 8.09. The third-order valence-corrected chi connectivity index (χ3v) is 5.03. The van der Waals surface area contributed by atoms with Crippen LogP contribution in [0.4, 0.5) is 4.39 Å². The molecule has 1 heterocycles. The lowest BCUT2D eigenvalue weighted by atomic mass is 10.1. The molecule has 1 atom stereocenters. The van der Waals surface area contributed by atoms with Crippen LogP contribution < -0.4 is 20.1 Å². The van der Waals surface area contributed by atoms with E-state index in [2.05, 4.69) is 20.6 Å². The summed E-state index contributed by atoms with van der Waals surface area (Å²) < 4.78 is 30.7. The van der Waals surface area contributed by atoms with E-state index < -0.39 is 0 Å². The van der Waals surface area contributed by atoms with Crippen LogP contribution in [0.15, 0.2) is 41.5 Å². The Kier molecular flexibility index (Phi) is 10.9. The third-order valence-electron chi connectivity index (χ3n) is 5.03. The minimum atomic E-state index is -0.344. The molecule has 7 nitrogen and oxygen atoms in total. The number of pyridine rings is 1. The summed E-state index contributed by atoms with van der Waals surface area (Å²) in [5, 5.41) is 6.53. The fraction of sp³-hybridized carbons (Fsp3) is 0.478. The molecule has 2 aromatic rings. The first-order valence-electron chi connectivity index (χ1n) is 10.6. The monoisotopic (exact) mass is 558 g/mol. The zero-order valence-electron chi connectivity index (χ0n) is 18.8. The zero-order chi connectivity index (χ0) is 22.1. The molecule has 0 spiro atoms. The second-order valence-electron chi connectivity index (χ2n) is 7.54. The topological polar surface area (TPSA) is 77.0 Å². The van der Waals surface area contributed by atoms with Gasteiger partial charge in [-0.25, -0.2) is 9.37 Å². The predicted octanol–water partition coefficient (Wildman–Crippen LogP) is 4.08. The highest BCUT2D eigenvalue weighted by atomic mass is 127. The molecule has 1 aromatic heterocycles. The molecule has 1 fully saturated rings. The first-order valence-corrected chi connectivity index (χ1v) is 10.6. The van der Waals surface area contributed by atoms with Gasteiger partial charge in [-0.05, 0) is 49.4 Å². The van der Waals surface area contributed by atoms with E-state index in [0.717, 1.165) is 11.1 Å². The lowest BCUT2D eigenvalue weighted by molar-refractivity contribution is 0.143. The Balaban J connectivity index is 0.00000363. The molecule has 1 aliphatic rings. The first kappa shape index (κ1) is 26.1. The molecular weight excluding hydrogens is 526 g/mol. The van der Waals surface area contributed by atoms with Crippen molar-refractivity contribution < 1.29 is 18.6 Å². The van der Waals surface area contributed by atoms with Gasteiger partial charge in [-0.3, -0.25) is 4.99 Å². The molecular formula is C23H32FIN4O3. The maximum atomic E-state index is 14.4. The molecule has 9 heteroatoms. The summed E-state index contributed by atoms with van der Waals surface area (Å²) in [4.78, 5) is 8.54. The second-order valence-corrected chi connectivity index (χ2v) is 7.54. The van der Waals surface area contributed by atoms with Crippen LogP contribution in [-0.4, -0.2) is 44.9 Å². The average Bonchev–Trinajstić information content (AvgIpc) is 3.61. The molecule has 1 unspecified atom stereocenters. The molecule has 1 aliphatic carbocycles. The SMILES string of the molecule is CN=C(NCc1cccnc1OCCOC)NC(C)c1ccc(OCC2CC2)c(F)c1.I. The number of nitrogens with one attached hydrogen (secondary N) is 2. The van der Waals surface area contributed by atoms with Crippen molar-refractivity contribution in [2.75, 3.05) is 34.0 Å². The van der Waals surface area contributed by atoms with Gasteiger partial charge in [0.15, 0.2) is 17.5 Å². The summed E-state index contributed by atoms with van der Waals surface area (Å²) in [5.41, 5.74) is 1.71. The van der Waals surface area contributed by atoms with Crippen molar-refractivity contribution >= 4 is 29.9 Å². The van der Waals surface area contributed by atoms with Gasteiger partial charge in [-0.1, -0.05) is 12.1 Å². The number of aliphatic imine (C=N–C) groups is 1. The van der Waals surface area contributed by atoms with E-state index in [4.69, 9.17) is 14.2 Å². The van der Waals surface area contributed by atoms with Gasteiger partial charge < -0.3 is 24.8 Å². The number of benzene rings is 1. The van der Waals surface area contributed by atoms with Gasteiger partial charge in [0.2, 0.25) is 5.88 Å². The molecule has 0 amide bonds. The highest BCUT2D eigenvalue weighted by molar-refractivity contribution is 14.0. The summed E-state index contributed by atoms with van der Waals surface area (Å²) in [6, 6.07) is 8.73. The van der Waals surface area contributed by atoms with E-state index in [0.29, 0.717) is 49.9 Å². The van der Waals surface area contributed by atoms with Gasteiger partial charge in [0.05, 0.1) is 19.3 Å². The molecule has 1 aromatic carbocycles. The number of ether oxygens (including phenoxy) is 3. The highest BCUT2D eigenvalue weighted by Gasteiger charge is 2.22. The highest BCUT2D eigenvalue weighted by Crippen LogP contribution is 2.30. The van der Waals surface area contributed by atoms with Crippen molar-refractivity contribution in [3.05, 3.63) is 53.5 Å². The lowest BCUT2D eigenvalue weighted by Gasteiger charge is -2.19. The van der Waals surface area contributed by atoms with Gasteiger partial charge in [-0.2, -0.15) is 0 Å². The fourth-order valence-electron chi connectivity index (χ4n) is 2.97. The molecule has 176 valence electrons. The number of rotatable bonds is 11. The van der Waals surface area contributed by atoms with Crippen LogP contribution in [0.3, 0.4) is 0 Å². The quantitative estimate of drug-likeness (QED) is 0.188. The first-order chi connectivity index (χ1) is 15.1. The van der Waals surface area contributed by atoms with Gasteiger partial charge in [0.25, 0.3) is 0 Å². The van der Waals surface area contributed by atoms with Gasteiger partial charge in [-0.15, -0.1) is 24.0 Å². The van der Waals surface area contributed by atoms with E-state index >= 15 is 0 Å².